The van der Waals surface area contributed by atoms with Crippen LogP contribution in [0.15, 0.2) is 22.7 Å². The molecule has 88 valence electrons. The van der Waals surface area contributed by atoms with Crippen molar-refractivity contribution in [3.63, 3.8) is 0 Å². The van der Waals surface area contributed by atoms with E-state index in [0.717, 1.165) is 6.07 Å². The zero-order valence-electron chi connectivity index (χ0n) is 8.15. The van der Waals surface area contributed by atoms with Gasteiger partial charge in [-0.05, 0) is 0 Å². The Bertz CT molecular complexity index is 571. The molecule has 0 amide bonds. The van der Waals surface area contributed by atoms with Crippen LogP contribution in [0.4, 0.5) is 8.78 Å². The average molecular weight is 241 g/mol. The van der Waals surface area contributed by atoms with Crippen molar-refractivity contribution in [2.75, 3.05) is 0 Å². The molecule has 0 saturated heterocycles. The van der Waals surface area contributed by atoms with Crippen molar-refractivity contribution in [2.45, 2.75) is 0 Å². The zero-order valence-corrected chi connectivity index (χ0v) is 8.15. The number of carbonyl (C=O) groups is 1. The van der Waals surface area contributed by atoms with E-state index in [9.17, 15) is 18.7 Å². The predicted molar refractivity (Wildman–Crippen MR) is 50.5 cm³/mol. The number of phenols is 1. The zero-order chi connectivity index (χ0) is 12.6. The third-order valence-electron chi connectivity index (χ3n) is 2.01. The van der Waals surface area contributed by atoms with Gasteiger partial charge in [0.05, 0.1) is 5.56 Å². The maximum absolute atomic E-state index is 13.4. The molecule has 0 aliphatic carbocycles. The molecule has 0 atom stereocenters. The molecule has 0 aliphatic rings. The highest BCUT2D eigenvalue weighted by Gasteiger charge is 2.19. The number of carboxylic acids is 1. The van der Waals surface area contributed by atoms with Gasteiger partial charge in [-0.1, -0.05) is 5.16 Å². The SMILES string of the molecule is O=C(O)c1cc(-c2c(O)cc(F)cc2F)on1. The predicted octanol–water partition coefficient (Wildman–Crippen LogP) is 2.02. The van der Waals surface area contributed by atoms with E-state index >= 15 is 0 Å². The van der Waals surface area contributed by atoms with Gasteiger partial charge in [0.25, 0.3) is 0 Å². The summed E-state index contributed by atoms with van der Waals surface area (Å²) in [6.45, 7) is 0. The minimum absolute atomic E-state index is 0.294. The number of carboxylic acid groups (broad SMARTS) is 1. The fraction of sp³-hybridized carbons (Fsp3) is 0. The molecule has 0 unspecified atom stereocenters. The second-order valence-corrected chi connectivity index (χ2v) is 3.16. The van der Waals surface area contributed by atoms with Crippen LogP contribution < -0.4 is 0 Å². The van der Waals surface area contributed by atoms with Gasteiger partial charge < -0.3 is 14.7 Å². The van der Waals surface area contributed by atoms with Crippen LogP contribution in [0.1, 0.15) is 10.5 Å². The number of benzene rings is 1. The number of nitrogens with zero attached hydrogens (tertiary/aromatic N) is 1. The van der Waals surface area contributed by atoms with Crippen molar-refractivity contribution in [2.24, 2.45) is 0 Å². The molecule has 1 aromatic carbocycles. The molecule has 1 heterocycles. The van der Waals surface area contributed by atoms with Gasteiger partial charge in [-0.2, -0.15) is 0 Å². The maximum atomic E-state index is 13.4. The van der Waals surface area contributed by atoms with Crippen LogP contribution in [0, 0.1) is 11.6 Å². The van der Waals surface area contributed by atoms with Gasteiger partial charge >= 0.3 is 5.97 Å². The van der Waals surface area contributed by atoms with E-state index in [0.29, 0.717) is 12.1 Å². The molecule has 1 aromatic heterocycles. The molecule has 2 rings (SSSR count). The van der Waals surface area contributed by atoms with Crippen LogP contribution in [0.2, 0.25) is 0 Å². The summed E-state index contributed by atoms with van der Waals surface area (Å²) in [7, 11) is 0. The second kappa shape index (κ2) is 3.85. The maximum Gasteiger partial charge on any atom is 0.358 e. The van der Waals surface area contributed by atoms with Gasteiger partial charge in [-0.15, -0.1) is 0 Å². The minimum atomic E-state index is -1.36. The molecule has 17 heavy (non-hydrogen) atoms. The van der Waals surface area contributed by atoms with Crippen molar-refractivity contribution in [1.82, 2.24) is 5.16 Å². The van der Waals surface area contributed by atoms with E-state index < -0.39 is 34.6 Å². The number of aromatic carboxylic acids is 1. The van der Waals surface area contributed by atoms with E-state index in [2.05, 4.69) is 9.68 Å². The number of rotatable bonds is 2. The number of hydrogen-bond donors (Lipinski definition) is 2. The number of aromatic nitrogens is 1. The Kier molecular flexibility index (Phi) is 2.51. The highest BCUT2D eigenvalue weighted by molar-refractivity contribution is 5.86. The molecule has 0 fully saturated rings. The lowest BCUT2D eigenvalue weighted by atomic mass is 10.1. The molecule has 0 radical (unpaired) electrons. The minimum Gasteiger partial charge on any atom is -0.507 e. The number of hydrogen-bond acceptors (Lipinski definition) is 4. The molecule has 0 aliphatic heterocycles. The van der Waals surface area contributed by atoms with E-state index in [1.165, 1.54) is 0 Å². The van der Waals surface area contributed by atoms with Crippen LogP contribution in [0.3, 0.4) is 0 Å². The molecule has 0 bridgehead atoms. The van der Waals surface area contributed by atoms with Crippen LogP contribution >= 0.6 is 0 Å². The largest absolute Gasteiger partial charge is 0.507 e. The molecule has 2 N–H and O–H groups in total. The molecule has 7 heteroatoms. The molecule has 0 spiro atoms. The van der Waals surface area contributed by atoms with Crippen molar-refractivity contribution < 1.29 is 28.3 Å². The first kappa shape index (κ1) is 11.1. The van der Waals surface area contributed by atoms with E-state index in [1.807, 2.05) is 0 Å². The summed E-state index contributed by atoms with van der Waals surface area (Å²) in [5, 5.41) is 21.1. The molecule has 0 saturated carbocycles. The van der Waals surface area contributed by atoms with Crippen molar-refractivity contribution in [3.05, 3.63) is 35.5 Å². The lowest BCUT2D eigenvalue weighted by molar-refractivity contribution is 0.0686. The van der Waals surface area contributed by atoms with Crippen LogP contribution in [-0.2, 0) is 0 Å². The Morgan fingerprint density at radius 1 is 1.29 bits per heavy atom. The fourth-order valence-corrected chi connectivity index (χ4v) is 1.30. The van der Waals surface area contributed by atoms with Crippen LogP contribution in [-0.4, -0.2) is 21.3 Å². The summed E-state index contributed by atoms with van der Waals surface area (Å²) < 4.78 is 30.6. The standard InChI is InChI=1S/C10H5F2NO4/c11-4-1-5(12)9(7(14)2-4)8-3-6(10(15)16)13-17-8/h1-3,14H,(H,15,16). The van der Waals surface area contributed by atoms with Gasteiger partial charge in [0.2, 0.25) is 0 Å². The molecule has 5 nitrogen and oxygen atoms in total. The van der Waals surface area contributed by atoms with Crippen molar-refractivity contribution >= 4 is 5.97 Å². The van der Waals surface area contributed by atoms with Crippen LogP contribution in [0.5, 0.6) is 5.75 Å². The van der Waals surface area contributed by atoms with E-state index in [-0.39, 0.29) is 5.76 Å². The number of halogens is 2. The molecular weight excluding hydrogens is 236 g/mol. The monoisotopic (exact) mass is 241 g/mol. The number of phenolic OH excluding ortho intramolecular Hbond substituents is 1. The second-order valence-electron chi connectivity index (χ2n) is 3.16. The Morgan fingerprint density at radius 2 is 2.00 bits per heavy atom. The first-order valence-electron chi connectivity index (χ1n) is 4.37. The van der Waals surface area contributed by atoms with Crippen molar-refractivity contribution in [1.29, 1.82) is 0 Å². The van der Waals surface area contributed by atoms with Gasteiger partial charge in [-0.3, -0.25) is 0 Å². The van der Waals surface area contributed by atoms with E-state index in [1.54, 1.807) is 0 Å². The van der Waals surface area contributed by atoms with E-state index in [4.69, 9.17) is 5.11 Å². The van der Waals surface area contributed by atoms with Gasteiger partial charge in [0, 0.05) is 18.2 Å². The van der Waals surface area contributed by atoms with Crippen LogP contribution in [0.25, 0.3) is 11.3 Å². The van der Waals surface area contributed by atoms with Gasteiger partial charge in [0.1, 0.15) is 17.4 Å². The third-order valence-corrected chi connectivity index (χ3v) is 2.01. The number of aromatic hydroxyl groups is 1. The first-order valence-corrected chi connectivity index (χ1v) is 4.37. The summed E-state index contributed by atoms with van der Waals surface area (Å²) in [6, 6.07) is 2.15. The normalized spacial score (nSPS) is 10.5. The Labute approximate surface area is 92.9 Å². The summed E-state index contributed by atoms with van der Waals surface area (Å²) in [4.78, 5) is 10.5. The third kappa shape index (κ3) is 1.94. The Morgan fingerprint density at radius 3 is 2.53 bits per heavy atom. The van der Waals surface area contributed by atoms with Crippen molar-refractivity contribution in [3.8, 4) is 17.1 Å². The smallest absolute Gasteiger partial charge is 0.358 e. The highest BCUT2D eigenvalue weighted by atomic mass is 19.1. The lowest BCUT2D eigenvalue weighted by Crippen LogP contribution is -1.94. The Hall–Kier alpha value is -2.44. The average Bonchev–Trinajstić information content (AvgIpc) is 2.65. The summed E-state index contributed by atoms with van der Waals surface area (Å²) >= 11 is 0. The molecular formula is C10H5F2NO4. The quantitative estimate of drug-likeness (QED) is 0.840. The summed E-state index contributed by atoms with van der Waals surface area (Å²) in [5.74, 6) is -4.38. The first-order chi connectivity index (χ1) is 7.99. The topological polar surface area (TPSA) is 83.6 Å². The lowest BCUT2D eigenvalue weighted by Gasteiger charge is -2.01. The highest BCUT2D eigenvalue weighted by Crippen LogP contribution is 2.32. The van der Waals surface area contributed by atoms with Gasteiger partial charge in [0.15, 0.2) is 11.5 Å². The Balaban J connectivity index is 2.56. The molecule has 2 aromatic rings. The summed E-state index contributed by atoms with van der Waals surface area (Å²) in [6.07, 6.45) is 0. The summed E-state index contributed by atoms with van der Waals surface area (Å²) in [5.41, 5.74) is -0.880. The van der Waals surface area contributed by atoms with Gasteiger partial charge in [-0.25, -0.2) is 13.6 Å². The fourth-order valence-electron chi connectivity index (χ4n) is 1.30.